The number of rotatable bonds is 5. The molecular weight excluding hydrogens is 390 g/mol. The van der Waals surface area contributed by atoms with E-state index in [0.29, 0.717) is 46.1 Å². The van der Waals surface area contributed by atoms with Gasteiger partial charge < -0.3 is 28.7 Å². The molecule has 0 fully saturated rings. The number of hydrogen-bond donors (Lipinski definition) is 0. The fraction of sp³-hybridized carbons (Fsp3) is 0.333. The molecule has 2 aliphatic rings. The summed E-state index contributed by atoms with van der Waals surface area (Å²) in [7, 11) is 3.89. The minimum absolute atomic E-state index is 0.126. The fourth-order valence-corrected chi connectivity index (χ4v) is 3.69. The van der Waals surface area contributed by atoms with E-state index in [4.69, 9.17) is 23.8 Å². The Hall–Kier alpha value is -3.46. The third-order valence-electron chi connectivity index (χ3n) is 4.90. The highest BCUT2D eigenvalue weighted by atomic mass is 16.7. The highest BCUT2D eigenvalue weighted by Gasteiger charge is 2.23. The van der Waals surface area contributed by atoms with Gasteiger partial charge in [-0.15, -0.1) is 4.73 Å². The van der Waals surface area contributed by atoms with Gasteiger partial charge in [-0.2, -0.15) is 4.98 Å². The molecule has 3 aromatic rings. The normalized spacial score (nSPS) is 15.1. The van der Waals surface area contributed by atoms with Gasteiger partial charge >= 0.3 is 5.69 Å². The van der Waals surface area contributed by atoms with E-state index >= 15 is 0 Å². The van der Waals surface area contributed by atoms with Gasteiger partial charge in [0.05, 0.1) is 11.2 Å². The zero-order chi connectivity index (χ0) is 20.8. The number of aromatic nitrogens is 2. The lowest BCUT2D eigenvalue weighted by Gasteiger charge is -2.21. The molecule has 1 unspecified atom stereocenters. The lowest BCUT2D eigenvalue weighted by atomic mass is 10.1. The summed E-state index contributed by atoms with van der Waals surface area (Å²) in [4.78, 5) is 25.2. The van der Waals surface area contributed by atoms with Crippen LogP contribution < -0.4 is 29.5 Å². The van der Waals surface area contributed by atoms with Gasteiger partial charge in [-0.3, -0.25) is 0 Å². The second-order valence-electron chi connectivity index (χ2n) is 7.51. The van der Waals surface area contributed by atoms with Gasteiger partial charge in [-0.25, -0.2) is 4.79 Å². The number of likely N-dealkylation sites (N-methyl/N-ethyl adjacent to an activating group) is 1. The molecule has 5 rings (SSSR count). The Morgan fingerprint density at radius 1 is 1.03 bits per heavy atom. The molecule has 1 aromatic heterocycles. The van der Waals surface area contributed by atoms with Crippen LogP contribution in [0.5, 0.6) is 23.0 Å². The molecule has 0 saturated heterocycles. The van der Waals surface area contributed by atoms with Crippen LogP contribution in [0, 0.1) is 0 Å². The van der Waals surface area contributed by atoms with Crippen molar-refractivity contribution < 1.29 is 23.8 Å². The van der Waals surface area contributed by atoms with Crippen LogP contribution in [0.2, 0.25) is 0 Å². The van der Waals surface area contributed by atoms with Crippen LogP contribution in [-0.4, -0.2) is 54.9 Å². The molecule has 1 atom stereocenters. The summed E-state index contributed by atoms with van der Waals surface area (Å²) in [6, 6.07) is 9.03. The maximum Gasteiger partial charge on any atom is 0.381 e. The minimum Gasteiger partial charge on any atom is -0.454 e. The van der Waals surface area contributed by atoms with Crippen molar-refractivity contribution in [2.45, 2.75) is 13.0 Å². The van der Waals surface area contributed by atoms with Crippen molar-refractivity contribution >= 4 is 10.9 Å². The summed E-state index contributed by atoms with van der Waals surface area (Å²) in [6.07, 6.45) is -0.232. The van der Waals surface area contributed by atoms with Crippen molar-refractivity contribution in [2.24, 2.45) is 0 Å². The molecule has 30 heavy (non-hydrogen) atoms. The van der Waals surface area contributed by atoms with Gasteiger partial charge in [0.1, 0.15) is 6.10 Å². The summed E-state index contributed by atoms with van der Waals surface area (Å²) < 4.78 is 23.2. The highest BCUT2D eigenvalue weighted by molar-refractivity contribution is 5.95. The first kappa shape index (κ1) is 18.6. The van der Waals surface area contributed by atoms with Crippen LogP contribution in [0.15, 0.2) is 35.1 Å². The Morgan fingerprint density at radius 2 is 1.70 bits per heavy atom. The molecule has 2 aliphatic heterocycles. The van der Waals surface area contributed by atoms with Crippen molar-refractivity contribution in [3.63, 3.8) is 0 Å². The quantitative estimate of drug-likeness (QED) is 0.630. The Bertz CT molecular complexity index is 1190. The molecule has 0 spiro atoms. The van der Waals surface area contributed by atoms with E-state index in [0.717, 1.165) is 5.56 Å². The smallest absolute Gasteiger partial charge is 0.381 e. The maximum absolute atomic E-state index is 13.0. The number of hydrogen-bond acceptors (Lipinski definition) is 8. The monoisotopic (exact) mass is 411 g/mol. The Kier molecular flexibility index (Phi) is 4.39. The number of fused-ring (bicyclic) bond motifs is 3. The van der Waals surface area contributed by atoms with Crippen LogP contribution in [0.4, 0.5) is 0 Å². The second kappa shape index (κ2) is 7.10. The summed E-state index contributed by atoms with van der Waals surface area (Å²) in [5.41, 5.74) is 1.28. The van der Waals surface area contributed by atoms with Crippen LogP contribution in [0.1, 0.15) is 6.92 Å². The van der Waals surface area contributed by atoms with E-state index in [9.17, 15) is 4.79 Å². The molecule has 156 valence electrons. The third-order valence-corrected chi connectivity index (χ3v) is 4.90. The van der Waals surface area contributed by atoms with Crippen LogP contribution in [-0.2, 0) is 0 Å². The first-order chi connectivity index (χ1) is 14.5. The van der Waals surface area contributed by atoms with Gasteiger partial charge in [0.2, 0.25) is 13.6 Å². The first-order valence-electron chi connectivity index (χ1n) is 9.58. The van der Waals surface area contributed by atoms with Gasteiger partial charge in [-0.05, 0) is 45.3 Å². The Morgan fingerprint density at radius 3 is 2.43 bits per heavy atom. The molecule has 0 bridgehead atoms. The number of ether oxygens (including phenoxy) is 4. The van der Waals surface area contributed by atoms with E-state index in [1.807, 2.05) is 44.1 Å². The summed E-state index contributed by atoms with van der Waals surface area (Å²) in [6.45, 7) is 2.84. The number of nitrogens with zero attached hydrogens (tertiary/aromatic N) is 3. The lowest BCUT2D eigenvalue weighted by Crippen LogP contribution is -2.38. The molecule has 0 amide bonds. The fourth-order valence-electron chi connectivity index (χ4n) is 3.69. The van der Waals surface area contributed by atoms with Gasteiger partial charge in [0.15, 0.2) is 23.0 Å². The Labute approximate surface area is 172 Å². The zero-order valence-electron chi connectivity index (χ0n) is 16.9. The predicted octanol–water partition coefficient (Wildman–Crippen LogP) is 1.90. The molecule has 3 heterocycles. The average Bonchev–Trinajstić information content (AvgIpc) is 3.36. The molecule has 0 N–H and O–H groups in total. The summed E-state index contributed by atoms with van der Waals surface area (Å²) in [5.74, 6) is 2.43. The second-order valence-corrected chi connectivity index (χ2v) is 7.51. The van der Waals surface area contributed by atoms with E-state index in [1.54, 1.807) is 12.1 Å². The van der Waals surface area contributed by atoms with Gasteiger partial charge in [0.25, 0.3) is 0 Å². The maximum atomic E-state index is 13.0. The van der Waals surface area contributed by atoms with Crippen molar-refractivity contribution in [1.82, 2.24) is 14.6 Å². The molecule has 0 aliphatic carbocycles. The van der Waals surface area contributed by atoms with Crippen LogP contribution in [0.25, 0.3) is 22.2 Å². The van der Waals surface area contributed by atoms with E-state index in [1.165, 1.54) is 4.73 Å². The molecule has 9 heteroatoms. The predicted molar refractivity (Wildman–Crippen MR) is 108 cm³/mol. The topological polar surface area (TPSA) is 84.3 Å². The molecule has 2 aromatic carbocycles. The van der Waals surface area contributed by atoms with E-state index in [-0.39, 0.29) is 19.7 Å². The van der Waals surface area contributed by atoms with Crippen molar-refractivity contribution in [3.05, 3.63) is 40.8 Å². The van der Waals surface area contributed by atoms with Crippen molar-refractivity contribution in [3.8, 4) is 34.3 Å². The molecular formula is C21H21N3O6. The van der Waals surface area contributed by atoms with E-state index in [2.05, 4.69) is 4.98 Å². The average molecular weight is 411 g/mol. The zero-order valence-corrected chi connectivity index (χ0v) is 16.9. The van der Waals surface area contributed by atoms with E-state index < -0.39 is 5.69 Å². The van der Waals surface area contributed by atoms with Crippen LogP contribution >= 0.6 is 0 Å². The SMILES string of the molecule is CC(CN(C)C)On1c(=O)nc(-c2ccc3c(c2)OCO3)c2cc3c(cc21)OCO3. The van der Waals surface area contributed by atoms with Gasteiger partial charge in [0, 0.05) is 23.6 Å². The molecule has 0 radical (unpaired) electrons. The standard InChI is InChI=1S/C21H21N3O6/c1-12(9-23(2)3)30-24-15-8-19-18(28-11-29-19)7-14(15)20(22-21(24)25)13-4-5-16-17(6-13)27-10-26-16/h4-8,12H,9-11H2,1-3H3. The van der Waals surface area contributed by atoms with Crippen molar-refractivity contribution in [1.29, 1.82) is 0 Å². The van der Waals surface area contributed by atoms with Crippen LogP contribution in [0.3, 0.4) is 0 Å². The highest BCUT2D eigenvalue weighted by Crippen LogP contribution is 2.40. The lowest BCUT2D eigenvalue weighted by molar-refractivity contribution is 0.0327. The summed E-state index contributed by atoms with van der Waals surface area (Å²) >= 11 is 0. The Balaban J connectivity index is 1.69. The number of benzene rings is 2. The minimum atomic E-state index is -0.514. The molecule has 9 nitrogen and oxygen atoms in total. The first-order valence-corrected chi connectivity index (χ1v) is 9.58. The molecule has 0 saturated carbocycles. The van der Waals surface area contributed by atoms with Gasteiger partial charge in [-0.1, -0.05) is 0 Å². The van der Waals surface area contributed by atoms with Crippen molar-refractivity contribution in [2.75, 3.05) is 34.2 Å². The largest absolute Gasteiger partial charge is 0.454 e. The third kappa shape index (κ3) is 3.17. The summed E-state index contributed by atoms with van der Waals surface area (Å²) in [5, 5.41) is 0.703.